The number of benzene rings is 1. The second-order valence-electron chi connectivity index (χ2n) is 3.75. The number of thioether (sulfide) groups is 1. The van der Waals surface area contributed by atoms with E-state index in [1.165, 1.54) is 10.3 Å². The molecule has 0 amide bonds. The highest BCUT2D eigenvalue weighted by Gasteiger charge is 2.03. The van der Waals surface area contributed by atoms with Gasteiger partial charge in [0, 0.05) is 28.7 Å². The van der Waals surface area contributed by atoms with Gasteiger partial charge in [-0.3, -0.25) is 4.98 Å². The first-order chi connectivity index (χ1) is 8.93. The van der Waals surface area contributed by atoms with Crippen molar-refractivity contribution in [3.8, 4) is 0 Å². The molecular weight excluding hydrogens is 246 g/mol. The van der Waals surface area contributed by atoms with E-state index in [0.29, 0.717) is 0 Å². The number of nitrogens with one attached hydrogen (secondary N) is 1. The summed E-state index contributed by atoms with van der Waals surface area (Å²) in [6.07, 6.45) is 2.65. The van der Waals surface area contributed by atoms with E-state index < -0.39 is 0 Å². The van der Waals surface area contributed by atoms with Crippen LogP contribution in [0.1, 0.15) is 5.82 Å². The van der Waals surface area contributed by atoms with Gasteiger partial charge in [0.15, 0.2) is 5.82 Å². The Labute approximate surface area is 108 Å². The lowest BCUT2D eigenvalue weighted by atomic mass is 10.2. The Hall–Kier alpha value is -1.95. The summed E-state index contributed by atoms with van der Waals surface area (Å²) in [6, 6.07) is 10.2. The number of hydrogen-bond donors (Lipinski definition) is 1. The normalized spacial score (nSPS) is 10.9. The topological polar surface area (TPSA) is 67.3 Å². The molecule has 18 heavy (non-hydrogen) atoms. The maximum absolute atomic E-state index is 4.35. The van der Waals surface area contributed by atoms with Crippen molar-refractivity contribution in [2.24, 2.45) is 0 Å². The molecule has 0 fully saturated rings. The van der Waals surface area contributed by atoms with E-state index >= 15 is 0 Å². The molecule has 0 bridgehead atoms. The SMILES string of the molecule is c1ccc2c(SCCc3nn[nH]n3)ccnc2c1. The van der Waals surface area contributed by atoms with Gasteiger partial charge in [-0.2, -0.15) is 5.21 Å². The van der Waals surface area contributed by atoms with Gasteiger partial charge in [-0.05, 0) is 12.1 Å². The van der Waals surface area contributed by atoms with Crippen molar-refractivity contribution in [1.82, 2.24) is 25.6 Å². The molecule has 90 valence electrons. The van der Waals surface area contributed by atoms with Gasteiger partial charge in [0.2, 0.25) is 0 Å². The van der Waals surface area contributed by atoms with Crippen LogP contribution in [0.5, 0.6) is 0 Å². The third-order valence-corrected chi connectivity index (χ3v) is 3.66. The predicted molar refractivity (Wildman–Crippen MR) is 70.3 cm³/mol. The molecule has 3 aromatic rings. The van der Waals surface area contributed by atoms with Gasteiger partial charge >= 0.3 is 0 Å². The monoisotopic (exact) mass is 257 g/mol. The zero-order valence-electron chi connectivity index (χ0n) is 9.58. The van der Waals surface area contributed by atoms with E-state index in [4.69, 9.17) is 0 Å². The van der Waals surface area contributed by atoms with Crippen LogP contribution in [-0.4, -0.2) is 31.4 Å². The van der Waals surface area contributed by atoms with Crippen LogP contribution in [0.2, 0.25) is 0 Å². The van der Waals surface area contributed by atoms with E-state index in [2.05, 4.69) is 31.7 Å². The number of hydrogen-bond acceptors (Lipinski definition) is 5. The number of pyridine rings is 1. The molecule has 0 unspecified atom stereocenters. The number of rotatable bonds is 4. The second-order valence-corrected chi connectivity index (χ2v) is 4.89. The minimum Gasteiger partial charge on any atom is -0.256 e. The number of aryl methyl sites for hydroxylation is 1. The standard InChI is InChI=1S/C12H11N5S/c1-2-4-10-9(3-1)11(5-7-13-10)18-8-6-12-14-16-17-15-12/h1-5,7H,6,8H2,(H,14,15,16,17). The molecule has 1 aromatic carbocycles. The summed E-state index contributed by atoms with van der Waals surface area (Å²) < 4.78 is 0. The van der Waals surface area contributed by atoms with Crippen LogP contribution >= 0.6 is 11.8 Å². The molecule has 3 rings (SSSR count). The number of nitrogens with zero attached hydrogens (tertiary/aromatic N) is 4. The van der Waals surface area contributed by atoms with Gasteiger partial charge in [-0.1, -0.05) is 23.4 Å². The van der Waals surface area contributed by atoms with Crippen molar-refractivity contribution >= 4 is 22.7 Å². The smallest absolute Gasteiger partial charge is 0.175 e. The maximum Gasteiger partial charge on any atom is 0.175 e. The van der Waals surface area contributed by atoms with Crippen molar-refractivity contribution in [3.05, 3.63) is 42.4 Å². The molecule has 0 saturated carbocycles. The Morgan fingerprint density at radius 2 is 2.11 bits per heavy atom. The summed E-state index contributed by atoms with van der Waals surface area (Å²) in [5.41, 5.74) is 1.03. The largest absolute Gasteiger partial charge is 0.256 e. The molecule has 0 aliphatic heterocycles. The van der Waals surface area contributed by atoms with Crippen molar-refractivity contribution in [1.29, 1.82) is 0 Å². The highest BCUT2D eigenvalue weighted by atomic mass is 32.2. The second kappa shape index (κ2) is 5.14. The first kappa shape index (κ1) is 11.2. The molecule has 2 aromatic heterocycles. The third-order valence-electron chi connectivity index (χ3n) is 2.58. The molecule has 0 aliphatic rings. The van der Waals surface area contributed by atoms with Crippen LogP contribution < -0.4 is 0 Å². The number of para-hydroxylation sites is 1. The lowest BCUT2D eigenvalue weighted by Crippen LogP contribution is -1.92. The fraction of sp³-hybridized carbons (Fsp3) is 0.167. The van der Waals surface area contributed by atoms with Gasteiger partial charge in [0.05, 0.1) is 5.52 Å². The summed E-state index contributed by atoms with van der Waals surface area (Å²) >= 11 is 1.79. The number of fused-ring (bicyclic) bond motifs is 1. The molecule has 1 N–H and O–H groups in total. The summed E-state index contributed by atoms with van der Waals surface area (Å²) in [5.74, 6) is 1.67. The van der Waals surface area contributed by atoms with E-state index in [0.717, 1.165) is 23.5 Å². The fourth-order valence-electron chi connectivity index (χ4n) is 1.74. The molecule has 5 nitrogen and oxygen atoms in total. The summed E-state index contributed by atoms with van der Waals surface area (Å²) in [5, 5.41) is 15.1. The zero-order valence-corrected chi connectivity index (χ0v) is 10.4. The van der Waals surface area contributed by atoms with Gasteiger partial charge in [-0.15, -0.1) is 22.0 Å². The predicted octanol–water partition coefficient (Wildman–Crippen LogP) is 2.08. The van der Waals surface area contributed by atoms with Crippen molar-refractivity contribution in [2.75, 3.05) is 5.75 Å². The lowest BCUT2D eigenvalue weighted by Gasteiger charge is -2.04. The molecule has 0 spiro atoms. The Morgan fingerprint density at radius 3 is 3.00 bits per heavy atom. The molecule has 0 saturated heterocycles. The van der Waals surface area contributed by atoms with Crippen LogP contribution in [0.15, 0.2) is 41.4 Å². The summed E-state index contributed by atoms with van der Waals surface area (Å²) in [4.78, 5) is 5.59. The Bertz CT molecular complexity index is 633. The van der Waals surface area contributed by atoms with Crippen LogP contribution in [0, 0.1) is 0 Å². The highest BCUT2D eigenvalue weighted by Crippen LogP contribution is 2.26. The minimum atomic E-state index is 0.751. The molecule has 2 heterocycles. The van der Waals surface area contributed by atoms with E-state index in [-0.39, 0.29) is 0 Å². The molecule has 0 radical (unpaired) electrons. The number of aromatic nitrogens is 5. The Kier molecular flexibility index (Phi) is 3.18. The number of tetrazole rings is 1. The summed E-state index contributed by atoms with van der Waals surface area (Å²) in [6.45, 7) is 0. The van der Waals surface area contributed by atoms with Crippen LogP contribution in [0.4, 0.5) is 0 Å². The highest BCUT2D eigenvalue weighted by molar-refractivity contribution is 7.99. The fourth-order valence-corrected chi connectivity index (χ4v) is 2.73. The summed E-state index contributed by atoms with van der Waals surface area (Å²) in [7, 11) is 0. The average molecular weight is 257 g/mol. The number of H-pyrrole nitrogens is 1. The molecule has 6 heteroatoms. The van der Waals surface area contributed by atoms with Gasteiger partial charge in [0.25, 0.3) is 0 Å². The van der Waals surface area contributed by atoms with Crippen molar-refractivity contribution < 1.29 is 0 Å². The van der Waals surface area contributed by atoms with Crippen molar-refractivity contribution in [2.45, 2.75) is 11.3 Å². The number of aromatic amines is 1. The van der Waals surface area contributed by atoms with Crippen LogP contribution in [0.3, 0.4) is 0 Å². The zero-order chi connectivity index (χ0) is 12.2. The molecule has 0 atom stereocenters. The van der Waals surface area contributed by atoms with Gasteiger partial charge < -0.3 is 0 Å². The lowest BCUT2D eigenvalue weighted by molar-refractivity contribution is 0.881. The first-order valence-corrected chi connectivity index (χ1v) is 6.61. The first-order valence-electron chi connectivity index (χ1n) is 5.62. The van der Waals surface area contributed by atoms with E-state index in [9.17, 15) is 0 Å². The van der Waals surface area contributed by atoms with E-state index in [1.807, 2.05) is 30.5 Å². The Balaban J connectivity index is 1.74. The third kappa shape index (κ3) is 2.33. The van der Waals surface area contributed by atoms with Gasteiger partial charge in [0.1, 0.15) is 0 Å². The van der Waals surface area contributed by atoms with Crippen LogP contribution in [-0.2, 0) is 6.42 Å². The van der Waals surface area contributed by atoms with Crippen LogP contribution in [0.25, 0.3) is 10.9 Å². The quantitative estimate of drug-likeness (QED) is 0.725. The van der Waals surface area contributed by atoms with Crippen molar-refractivity contribution in [3.63, 3.8) is 0 Å². The minimum absolute atomic E-state index is 0.751. The average Bonchev–Trinajstić information content (AvgIpc) is 2.92. The molecular formula is C12H11N5S. The van der Waals surface area contributed by atoms with Gasteiger partial charge in [-0.25, -0.2) is 0 Å². The molecule has 0 aliphatic carbocycles. The van der Waals surface area contributed by atoms with E-state index in [1.54, 1.807) is 11.8 Å². The maximum atomic E-state index is 4.35. The Morgan fingerprint density at radius 1 is 1.17 bits per heavy atom.